The lowest BCUT2D eigenvalue weighted by Crippen LogP contribution is -2.11. The summed E-state index contributed by atoms with van der Waals surface area (Å²) in [6, 6.07) is 7.21. The molecule has 0 bridgehead atoms. The molecule has 0 fully saturated rings. The number of rotatable bonds is 5. The summed E-state index contributed by atoms with van der Waals surface area (Å²) in [4.78, 5) is 16.0. The zero-order valence-corrected chi connectivity index (χ0v) is 11.3. The quantitative estimate of drug-likeness (QED) is 0.755. The molecule has 0 amide bonds. The zero-order valence-electron chi connectivity index (χ0n) is 10.5. The smallest absolute Gasteiger partial charge is 0.371 e. The van der Waals surface area contributed by atoms with Gasteiger partial charge in [0.25, 0.3) is 0 Å². The minimum Gasteiger partial charge on any atom is -0.475 e. The maximum absolute atomic E-state index is 10.8. The molecule has 0 saturated carbocycles. The van der Waals surface area contributed by atoms with Gasteiger partial charge in [-0.05, 0) is 23.8 Å². The van der Waals surface area contributed by atoms with Gasteiger partial charge in [-0.15, -0.1) is 11.3 Å². The van der Waals surface area contributed by atoms with Gasteiger partial charge in [0.1, 0.15) is 5.58 Å². The third-order valence-electron chi connectivity index (χ3n) is 2.90. The zero-order chi connectivity index (χ0) is 13.9. The number of furan rings is 1. The number of carbonyl (C=O) groups is 1. The van der Waals surface area contributed by atoms with Crippen molar-refractivity contribution in [3.05, 3.63) is 52.2 Å². The maximum atomic E-state index is 10.8. The molecule has 0 unspecified atom stereocenters. The predicted molar refractivity (Wildman–Crippen MR) is 75.8 cm³/mol. The van der Waals surface area contributed by atoms with Crippen LogP contribution in [0, 0.1) is 0 Å². The summed E-state index contributed by atoms with van der Waals surface area (Å²) in [5.41, 5.74) is 3.48. The molecule has 20 heavy (non-hydrogen) atoms. The van der Waals surface area contributed by atoms with Crippen molar-refractivity contribution in [2.45, 2.75) is 13.1 Å². The summed E-state index contributed by atoms with van der Waals surface area (Å²) in [5.74, 6) is -1.08. The topological polar surface area (TPSA) is 75.4 Å². The summed E-state index contributed by atoms with van der Waals surface area (Å²) in [7, 11) is 0. The van der Waals surface area contributed by atoms with Crippen molar-refractivity contribution in [3.8, 4) is 0 Å². The average molecular weight is 288 g/mol. The van der Waals surface area contributed by atoms with Crippen molar-refractivity contribution in [1.82, 2.24) is 10.3 Å². The fourth-order valence-corrected chi connectivity index (χ4v) is 2.53. The van der Waals surface area contributed by atoms with E-state index in [1.807, 2.05) is 23.8 Å². The minimum atomic E-state index is -1.05. The largest absolute Gasteiger partial charge is 0.475 e. The van der Waals surface area contributed by atoms with E-state index in [4.69, 9.17) is 9.52 Å². The SMILES string of the molecule is O=C(O)c1cc2cc(CNCc3cncs3)ccc2o1. The highest BCUT2D eigenvalue weighted by Gasteiger charge is 2.10. The predicted octanol–water partition coefficient (Wildman–Crippen LogP) is 2.88. The Balaban J connectivity index is 1.70. The molecule has 6 heteroatoms. The molecule has 1 aromatic carbocycles. The lowest BCUT2D eigenvalue weighted by Gasteiger charge is -2.03. The Morgan fingerprint density at radius 3 is 3.00 bits per heavy atom. The molecule has 5 nitrogen and oxygen atoms in total. The van der Waals surface area contributed by atoms with Crippen LogP contribution in [0.15, 0.2) is 40.4 Å². The second kappa shape index (κ2) is 5.44. The van der Waals surface area contributed by atoms with Crippen LogP contribution in [0.5, 0.6) is 0 Å². The van der Waals surface area contributed by atoms with E-state index in [9.17, 15) is 4.79 Å². The Morgan fingerprint density at radius 1 is 1.35 bits per heavy atom. The van der Waals surface area contributed by atoms with Crippen molar-refractivity contribution in [3.63, 3.8) is 0 Å². The van der Waals surface area contributed by atoms with Crippen molar-refractivity contribution >= 4 is 28.3 Å². The van der Waals surface area contributed by atoms with Crippen molar-refractivity contribution in [2.24, 2.45) is 0 Å². The molecule has 0 aliphatic carbocycles. The number of carboxylic acid groups (broad SMARTS) is 1. The lowest BCUT2D eigenvalue weighted by atomic mass is 10.1. The Hall–Kier alpha value is -2.18. The van der Waals surface area contributed by atoms with Crippen LogP contribution in [-0.2, 0) is 13.1 Å². The number of carboxylic acids is 1. The second-order valence-corrected chi connectivity index (χ2v) is 5.33. The Bertz CT molecular complexity index is 734. The number of hydrogen-bond donors (Lipinski definition) is 2. The standard InChI is InChI=1S/C14H12N2O3S/c17-14(18)13-4-10-3-9(1-2-12(10)19-13)5-15-6-11-7-16-8-20-11/h1-4,7-8,15H,5-6H2,(H,17,18). The van der Waals surface area contributed by atoms with Crippen LogP contribution in [-0.4, -0.2) is 16.1 Å². The molecule has 102 valence electrons. The van der Waals surface area contributed by atoms with E-state index in [2.05, 4.69) is 10.3 Å². The van der Waals surface area contributed by atoms with Gasteiger partial charge in [0, 0.05) is 29.5 Å². The van der Waals surface area contributed by atoms with E-state index in [1.165, 1.54) is 4.88 Å². The summed E-state index contributed by atoms with van der Waals surface area (Å²) >= 11 is 1.61. The second-order valence-electron chi connectivity index (χ2n) is 4.36. The van der Waals surface area contributed by atoms with E-state index in [1.54, 1.807) is 23.5 Å². The molecule has 0 aliphatic heterocycles. The lowest BCUT2D eigenvalue weighted by molar-refractivity contribution is 0.0665. The molecule has 2 heterocycles. The summed E-state index contributed by atoms with van der Waals surface area (Å²) in [6.07, 6.45) is 1.84. The van der Waals surface area contributed by atoms with Crippen LogP contribution >= 0.6 is 11.3 Å². The van der Waals surface area contributed by atoms with Crippen molar-refractivity contribution in [2.75, 3.05) is 0 Å². The number of thiazole rings is 1. The van der Waals surface area contributed by atoms with E-state index < -0.39 is 5.97 Å². The minimum absolute atomic E-state index is 0.0326. The van der Waals surface area contributed by atoms with Gasteiger partial charge in [-0.25, -0.2) is 4.79 Å². The van der Waals surface area contributed by atoms with Gasteiger partial charge in [0.05, 0.1) is 5.51 Å². The van der Waals surface area contributed by atoms with Gasteiger partial charge < -0.3 is 14.8 Å². The first kappa shape index (κ1) is 12.8. The molecule has 2 N–H and O–H groups in total. The molecule has 0 spiro atoms. The highest BCUT2D eigenvalue weighted by atomic mass is 32.1. The van der Waals surface area contributed by atoms with Crippen LogP contribution in [0.2, 0.25) is 0 Å². The van der Waals surface area contributed by atoms with E-state index >= 15 is 0 Å². The molecular formula is C14H12N2O3S. The Morgan fingerprint density at radius 2 is 2.25 bits per heavy atom. The average Bonchev–Trinajstić information content (AvgIpc) is 3.06. The number of benzene rings is 1. The van der Waals surface area contributed by atoms with Crippen LogP contribution in [0.4, 0.5) is 0 Å². The third kappa shape index (κ3) is 2.71. The summed E-state index contributed by atoms with van der Waals surface area (Å²) in [5, 5.41) is 13.0. The van der Waals surface area contributed by atoms with E-state index in [0.717, 1.165) is 17.5 Å². The van der Waals surface area contributed by atoms with Gasteiger partial charge in [-0.3, -0.25) is 4.98 Å². The monoisotopic (exact) mass is 288 g/mol. The fraction of sp³-hybridized carbons (Fsp3) is 0.143. The van der Waals surface area contributed by atoms with E-state index in [-0.39, 0.29) is 5.76 Å². The van der Waals surface area contributed by atoms with Crippen molar-refractivity contribution < 1.29 is 14.3 Å². The molecule has 2 aromatic heterocycles. The molecule has 0 aliphatic rings. The van der Waals surface area contributed by atoms with E-state index in [0.29, 0.717) is 12.1 Å². The van der Waals surface area contributed by atoms with Crippen LogP contribution < -0.4 is 5.32 Å². The Kier molecular flexibility index (Phi) is 3.49. The van der Waals surface area contributed by atoms with Gasteiger partial charge in [0.2, 0.25) is 5.76 Å². The van der Waals surface area contributed by atoms with Gasteiger partial charge >= 0.3 is 5.97 Å². The van der Waals surface area contributed by atoms with Crippen LogP contribution in [0.3, 0.4) is 0 Å². The van der Waals surface area contributed by atoms with Gasteiger partial charge in [-0.2, -0.15) is 0 Å². The number of nitrogens with one attached hydrogen (secondary N) is 1. The third-order valence-corrected chi connectivity index (χ3v) is 3.68. The van der Waals surface area contributed by atoms with Gasteiger partial charge in [-0.1, -0.05) is 6.07 Å². The molecular weight excluding hydrogens is 276 g/mol. The molecule has 3 aromatic rings. The molecule has 0 atom stereocenters. The number of hydrogen-bond acceptors (Lipinski definition) is 5. The first-order valence-electron chi connectivity index (χ1n) is 6.06. The van der Waals surface area contributed by atoms with Crippen molar-refractivity contribution in [1.29, 1.82) is 0 Å². The molecule has 3 rings (SSSR count). The van der Waals surface area contributed by atoms with Crippen LogP contribution in [0.1, 0.15) is 21.0 Å². The first-order valence-corrected chi connectivity index (χ1v) is 6.94. The Labute approximate surface area is 118 Å². The summed E-state index contributed by atoms with van der Waals surface area (Å²) in [6.45, 7) is 1.48. The maximum Gasteiger partial charge on any atom is 0.371 e. The number of aromatic nitrogens is 1. The number of aromatic carboxylic acids is 1. The number of fused-ring (bicyclic) bond motifs is 1. The first-order chi connectivity index (χ1) is 9.72. The number of nitrogens with zero attached hydrogens (tertiary/aromatic N) is 1. The highest BCUT2D eigenvalue weighted by Crippen LogP contribution is 2.21. The summed E-state index contributed by atoms with van der Waals surface area (Å²) < 4.78 is 5.22. The molecule has 0 radical (unpaired) electrons. The highest BCUT2D eigenvalue weighted by molar-refractivity contribution is 7.09. The van der Waals surface area contributed by atoms with Gasteiger partial charge in [0.15, 0.2) is 0 Å². The normalized spacial score (nSPS) is 11.0. The molecule has 0 saturated heterocycles. The van der Waals surface area contributed by atoms with Crippen LogP contribution in [0.25, 0.3) is 11.0 Å². The fourth-order valence-electron chi connectivity index (χ4n) is 1.97.